The van der Waals surface area contributed by atoms with Crippen LogP contribution in [0.1, 0.15) is 22.3 Å². The lowest BCUT2D eigenvalue weighted by molar-refractivity contribution is -0.109. The van der Waals surface area contributed by atoms with Gasteiger partial charge in [0, 0.05) is 91.0 Å². The van der Waals surface area contributed by atoms with Crippen LogP contribution in [0.3, 0.4) is 0 Å². The molecule has 1 aliphatic carbocycles. The number of benzene rings is 4. The minimum absolute atomic E-state index is 0.410. The summed E-state index contributed by atoms with van der Waals surface area (Å²) in [5.74, 6) is -0.821. The molecule has 1 fully saturated rings. The summed E-state index contributed by atoms with van der Waals surface area (Å²) in [6.45, 7) is 0. The van der Waals surface area contributed by atoms with Gasteiger partial charge in [-0.3, -0.25) is 0 Å². The number of hydrogen-bond donors (Lipinski definition) is 2. The predicted octanol–water partition coefficient (Wildman–Crippen LogP) is 6.48. The van der Waals surface area contributed by atoms with Gasteiger partial charge in [-0.2, -0.15) is 0 Å². The van der Waals surface area contributed by atoms with Crippen molar-refractivity contribution < 1.29 is 10.2 Å². The van der Waals surface area contributed by atoms with E-state index in [4.69, 9.17) is 0 Å². The highest BCUT2D eigenvalue weighted by Crippen LogP contribution is 2.42. The fraction of sp³-hybridized carbons (Fsp3) is 0.300. The topological polar surface area (TPSA) is 53.4 Å². The summed E-state index contributed by atoms with van der Waals surface area (Å²) in [5, 5.41) is 23.2. The lowest BCUT2D eigenvalue weighted by Crippen LogP contribution is -2.53. The Balaban J connectivity index is 1.51. The van der Waals surface area contributed by atoms with E-state index in [0.29, 0.717) is 0 Å². The Bertz CT molecular complexity index is 1410. The molecule has 0 radical (unpaired) electrons. The molecule has 0 heterocycles. The normalized spacial score (nSPS) is 18.7. The first kappa shape index (κ1) is 32.9. The lowest BCUT2D eigenvalue weighted by atomic mass is 9.66. The van der Waals surface area contributed by atoms with Crippen molar-refractivity contribution in [3.8, 4) is 0 Å². The molecule has 4 aromatic carbocycles. The Labute approximate surface area is 275 Å². The summed E-state index contributed by atoms with van der Waals surface area (Å²) in [6, 6.07) is 33.7. The number of aliphatic hydroxyl groups excluding tert-OH is 2. The van der Waals surface area contributed by atoms with Gasteiger partial charge in [0.15, 0.2) is 0 Å². The predicted molar refractivity (Wildman–Crippen MR) is 196 cm³/mol. The van der Waals surface area contributed by atoms with Crippen molar-refractivity contribution in [1.82, 2.24) is 0 Å². The summed E-state index contributed by atoms with van der Waals surface area (Å²) in [6.07, 6.45) is 2.66. The van der Waals surface area contributed by atoms with Gasteiger partial charge in [-0.15, -0.1) is 0 Å². The summed E-state index contributed by atoms with van der Waals surface area (Å²) in [5.41, 5.74) is 10.6. The summed E-state index contributed by atoms with van der Waals surface area (Å²) in [7, 11) is 16.2. The van der Waals surface area contributed by atoms with Crippen LogP contribution < -0.4 is 19.6 Å². The van der Waals surface area contributed by atoms with E-state index >= 15 is 0 Å². The van der Waals surface area contributed by atoms with Crippen LogP contribution in [0.4, 0.5) is 22.7 Å². The molecule has 0 spiro atoms. The maximum Gasteiger partial charge on any atom is 0.0716 e. The second-order valence-corrected chi connectivity index (χ2v) is 13.1. The third kappa shape index (κ3) is 6.99. The van der Waals surface area contributed by atoms with Crippen molar-refractivity contribution in [3.63, 3.8) is 0 Å². The Hall–Kier alpha value is -4.52. The molecule has 0 atom stereocenters. The molecule has 46 heavy (non-hydrogen) atoms. The highest BCUT2D eigenvalue weighted by molar-refractivity contribution is 5.83. The van der Waals surface area contributed by atoms with Gasteiger partial charge in [0.1, 0.15) is 0 Å². The molecular weight excluding hydrogens is 568 g/mol. The van der Waals surface area contributed by atoms with Gasteiger partial charge in [0.25, 0.3) is 0 Å². The molecule has 240 valence electrons. The smallest absolute Gasteiger partial charge is 0.0716 e. The van der Waals surface area contributed by atoms with E-state index in [-0.39, 0.29) is 0 Å². The van der Waals surface area contributed by atoms with Gasteiger partial charge < -0.3 is 29.8 Å². The quantitative estimate of drug-likeness (QED) is 0.213. The number of aliphatic hydroxyl groups is 2. The first-order valence-corrected chi connectivity index (χ1v) is 15.9. The van der Waals surface area contributed by atoms with Crippen molar-refractivity contribution in [2.24, 2.45) is 11.8 Å². The Morgan fingerprint density at radius 2 is 0.587 bits per heavy atom. The Morgan fingerprint density at radius 1 is 0.391 bits per heavy atom. The van der Waals surface area contributed by atoms with Crippen LogP contribution >= 0.6 is 0 Å². The maximum atomic E-state index is 11.6. The van der Waals surface area contributed by atoms with Crippen molar-refractivity contribution in [3.05, 3.63) is 131 Å². The van der Waals surface area contributed by atoms with Crippen molar-refractivity contribution in [2.75, 3.05) is 76.0 Å². The molecule has 0 unspecified atom stereocenters. The largest absolute Gasteiger partial charge is 0.392 e. The minimum Gasteiger partial charge on any atom is -0.392 e. The van der Waals surface area contributed by atoms with Crippen molar-refractivity contribution in [1.29, 1.82) is 0 Å². The average molecular weight is 617 g/mol. The van der Waals surface area contributed by atoms with Gasteiger partial charge in [-0.05, 0) is 81.9 Å². The van der Waals surface area contributed by atoms with Crippen LogP contribution in [0.5, 0.6) is 0 Å². The zero-order chi connectivity index (χ0) is 33.1. The molecule has 0 aromatic heterocycles. The maximum absolute atomic E-state index is 11.6. The third-order valence-corrected chi connectivity index (χ3v) is 9.07. The molecule has 4 aromatic rings. The fourth-order valence-electron chi connectivity index (χ4n) is 6.03. The molecule has 1 saturated carbocycles. The standard InChI is InChI=1S/C40H48N4O2/c1-41(2)31-17-9-27(10-18-31)35(28-11-19-32(20-12-28)42(3)4)25-37-39(45)38(40(37)46)26-36(29-13-21-33(22-14-29)43(5)6)30-15-23-34(24-16-30)44(7)8/h9-26,37-40,45-46H,1-8H3. The van der Waals surface area contributed by atoms with Crippen LogP contribution in [-0.4, -0.2) is 78.8 Å². The first-order valence-electron chi connectivity index (χ1n) is 15.9. The van der Waals surface area contributed by atoms with Gasteiger partial charge >= 0.3 is 0 Å². The molecule has 6 heteroatoms. The highest BCUT2D eigenvalue weighted by atomic mass is 16.3. The second-order valence-electron chi connectivity index (χ2n) is 13.1. The molecule has 0 saturated heterocycles. The molecule has 5 rings (SSSR count). The Morgan fingerprint density at radius 3 is 0.761 bits per heavy atom. The van der Waals surface area contributed by atoms with E-state index < -0.39 is 24.0 Å². The van der Waals surface area contributed by atoms with Crippen LogP contribution in [0.15, 0.2) is 109 Å². The fourth-order valence-corrected chi connectivity index (χ4v) is 6.03. The number of rotatable bonds is 10. The second kappa shape index (κ2) is 13.9. The van der Waals surface area contributed by atoms with Gasteiger partial charge in [0.05, 0.1) is 12.2 Å². The zero-order valence-corrected chi connectivity index (χ0v) is 28.4. The molecular formula is C40H48N4O2. The van der Waals surface area contributed by atoms with E-state index in [1.807, 2.05) is 56.4 Å². The van der Waals surface area contributed by atoms with Crippen molar-refractivity contribution in [2.45, 2.75) is 12.2 Å². The molecule has 0 amide bonds. The first-order chi connectivity index (χ1) is 21.9. The number of nitrogens with zero attached hydrogens (tertiary/aromatic N) is 4. The molecule has 6 nitrogen and oxygen atoms in total. The molecule has 2 N–H and O–H groups in total. The van der Waals surface area contributed by atoms with E-state index in [0.717, 1.165) is 56.1 Å². The SMILES string of the molecule is CN(C)c1ccc(C(=CC2C(O)C(C=C(c3ccc(N(C)C)cc3)c3ccc(N(C)C)cc3)C2O)c2ccc(N(C)C)cc2)cc1. The van der Waals surface area contributed by atoms with Crippen LogP contribution in [0, 0.1) is 11.8 Å². The van der Waals surface area contributed by atoms with E-state index in [9.17, 15) is 10.2 Å². The van der Waals surface area contributed by atoms with E-state index in [1.165, 1.54) is 0 Å². The average Bonchev–Trinajstić information content (AvgIpc) is 3.05. The third-order valence-electron chi connectivity index (χ3n) is 9.07. The van der Waals surface area contributed by atoms with E-state index in [2.05, 4.69) is 129 Å². The molecule has 0 aliphatic heterocycles. The highest BCUT2D eigenvalue weighted by Gasteiger charge is 2.47. The van der Waals surface area contributed by atoms with Crippen molar-refractivity contribution >= 4 is 33.9 Å². The van der Waals surface area contributed by atoms with Gasteiger partial charge in [0.2, 0.25) is 0 Å². The molecule has 0 bridgehead atoms. The zero-order valence-electron chi connectivity index (χ0n) is 28.4. The summed E-state index contributed by atoms with van der Waals surface area (Å²) >= 11 is 0. The summed E-state index contributed by atoms with van der Waals surface area (Å²) < 4.78 is 0. The lowest BCUT2D eigenvalue weighted by Gasteiger charge is -2.44. The number of anilines is 4. The summed E-state index contributed by atoms with van der Waals surface area (Å²) in [4.78, 5) is 8.31. The van der Waals surface area contributed by atoms with Crippen LogP contribution in [-0.2, 0) is 0 Å². The molecule has 1 aliphatic rings. The number of hydrogen-bond acceptors (Lipinski definition) is 6. The minimum atomic E-state index is -0.732. The van der Waals surface area contributed by atoms with Gasteiger partial charge in [-0.25, -0.2) is 0 Å². The van der Waals surface area contributed by atoms with Gasteiger partial charge in [-0.1, -0.05) is 60.7 Å². The monoisotopic (exact) mass is 616 g/mol. The Kier molecular flexibility index (Phi) is 9.90. The van der Waals surface area contributed by atoms with Crippen LogP contribution in [0.25, 0.3) is 11.1 Å². The van der Waals surface area contributed by atoms with E-state index in [1.54, 1.807) is 0 Å². The van der Waals surface area contributed by atoms with Crippen LogP contribution in [0.2, 0.25) is 0 Å².